The highest BCUT2D eigenvalue weighted by Crippen LogP contribution is 2.34. The van der Waals surface area contributed by atoms with E-state index in [9.17, 15) is 23.1 Å². The second-order valence-electron chi connectivity index (χ2n) is 7.80. The molecule has 0 aromatic heterocycles. The topological polar surface area (TPSA) is 64.6 Å². The molecule has 0 spiro atoms. The molecule has 2 heterocycles. The van der Waals surface area contributed by atoms with Gasteiger partial charge in [0.1, 0.15) is 11.4 Å². The molecule has 0 radical (unpaired) electrons. The van der Waals surface area contributed by atoms with Gasteiger partial charge in [-0.05, 0) is 72.3 Å². The molecule has 9 heteroatoms. The Labute approximate surface area is 185 Å². The number of hydrogen-bond acceptors (Lipinski definition) is 4. The zero-order valence-corrected chi connectivity index (χ0v) is 18.2. The number of anilines is 2. The third-order valence-electron chi connectivity index (χ3n) is 5.69. The Morgan fingerprint density at radius 2 is 1.93 bits per heavy atom. The monoisotopic (exact) mass is 537 g/mol. The highest BCUT2D eigenvalue weighted by molar-refractivity contribution is 14.1. The summed E-state index contributed by atoms with van der Waals surface area (Å²) in [7, 11) is 0. The van der Waals surface area contributed by atoms with Gasteiger partial charge < -0.3 is 20.6 Å². The first-order valence-electron chi connectivity index (χ1n) is 9.73. The molecule has 2 saturated heterocycles. The van der Waals surface area contributed by atoms with E-state index in [0.717, 1.165) is 31.9 Å². The van der Waals surface area contributed by atoms with E-state index in [1.165, 1.54) is 23.1 Å². The van der Waals surface area contributed by atoms with Crippen molar-refractivity contribution in [2.24, 2.45) is 0 Å². The second kappa shape index (κ2) is 8.35. The Morgan fingerprint density at radius 3 is 2.60 bits per heavy atom. The largest absolute Gasteiger partial charge is 0.385 e. The Kier molecular flexibility index (Phi) is 5.95. The van der Waals surface area contributed by atoms with Crippen LogP contribution in [-0.4, -0.2) is 47.2 Å². The Hall–Kier alpha value is -1.85. The molecule has 2 fully saturated rings. The second-order valence-corrected chi connectivity index (χ2v) is 9.05. The molecule has 0 bridgehead atoms. The van der Waals surface area contributed by atoms with Crippen molar-refractivity contribution < 1.29 is 23.1 Å². The molecular weight excluding hydrogens is 516 g/mol. The van der Waals surface area contributed by atoms with Gasteiger partial charge in [0.25, 0.3) is 5.91 Å². The van der Waals surface area contributed by atoms with E-state index in [4.69, 9.17) is 0 Å². The number of nitrogens with zero attached hydrogens (tertiary/aromatic N) is 1. The standard InChI is InChI=1S/C21H21F3IN3O2/c22-14-6-5-13(19(18(14)24)27-16-7-4-12(25)9-15(16)23)20(29)28-10-21(30,11-28)17-3-1-2-8-26-17/h4-7,9,17,26-27,30H,1-3,8,10-11H2/i4+1,7+1,9+1,12+1,15+1,16+1. The number of amides is 1. The quantitative estimate of drug-likeness (QED) is 0.520. The fourth-order valence-electron chi connectivity index (χ4n) is 4.04. The van der Waals surface area contributed by atoms with Crippen LogP contribution in [0.25, 0.3) is 0 Å². The van der Waals surface area contributed by atoms with Crippen molar-refractivity contribution in [1.29, 1.82) is 0 Å². The van der Waals surface area contributed by atoms with E-state index in [1.54, 1.807) is 6.07 Å². The summed E-state index contributed by atoms with van der Waals surface area (Å²) in [5.41, 5.74) is -1.65. The van der Waals surface area contributed by atoms with E-state index in [0.29, 0.717) is 3.57 Å². The summed E-state index contributed by atoms with van der Waals surface area (Å²) in [5, 5.41) is 16.6. The Morgan fingerprint density at radius 1 is 1.17 bits per heavy atom. The molecule has 1 amide bonds. The van der Waals surface area contributed by atoms with Crippen LogP contribution in [0.2, 0.25) is 0 Å². The SMILES string of the molecule is O=C(c1ccc(F)c(F)c1N[13c]1[13cH][13cH][13c](I)[13cH][13c]1F)N1CC(O)(C2CCCCN2)C1. The van der Waals surface area contributed by atoms with Crippen LogP contribution in [0.5, 0.6) is 0 Å². The van der Waals surface area contributed by atoms with Crippen LogP contribution in [0, 0.1) is 21.0 Å². The van der Waals surface area contributed by atoms with Crippen molar-refractivity contribution in [3.63, 3.8) is 0 Å². The highest BCUT2D eigenvalue weighted by Gasteiger charge is 2.49. The molecule has 4 rings (SSSR count). The Bertz CT molecular complexity index is 976. The fourth-order valence-corrected chi connectivity index (χ4v) is 4.49. The minimum Gasteiger partial charge on any atom is -0.385 e. The summed E-state index contributed by atoms with van der Waals surface area (Å²) in [6.07, 6.45) is 2.88. The lowest BCUT2D eigenvalue weighted by atomic mass is 9.81. The van der Waals surface area contributed by atoms with E-state index >= 15 is 0 Å². The van der Waals surface area contributed by atoms with E-state index in [1.807, 2.05) is 22.6 Å². The first kappa shape index (κ1) is 21.4. The van der Waals surface area contributed by atoms with Gasteiger partial charge in [-0.25, -0.2) is 13.2 Å². The number of hydrogen-bond donors (Lipinski definition) is 3. The number of β-amino-alcohol motifs (C(OH)–C–C–N with tert-alkyl or cyclic N) is 1. The van der Waals surface area contributed by atoms with Crippen LogP contribution in [-0.2, 0) is 0 Å². The van der Waals surface area contributed by atoms with Crippen molar-refractivity contribution in [2.75, 3.05) is 25.0 Å². The van der Waals surface area contributed by atoms with Crippen molar-refractivity contribution >= 4 is 39.9 Å². The number of rotatable bonds is 4. The maximum atomic E-state index is 14.6. The van der Waals surface area contributed by atoms with E-state index in [-0.39, 0.29) is 30.4 Å². The maximum absolute atomic E-state index is 14.6. The molecule has 160 valence electrons. The third kappa shape index (κ3) is 4.02. The lowest BCUT2D eigenvalue weighted by Crippen LogP contribution is -2.72. The minimum absolute atomic E-state index is 0.0690. The number of piperidine rings is 1. The molecule has 2 aliphatic rings. The molecule has 1 unspecified atom stereocenters. The van der Waals surface area contributed by atoms with Gasteiger partial charge in [-0.3, -0.25) is 4.79 Å². The van der Waals surface area contributed by atoms with Gasteiger partial charge in [0.2, 0.25) is 0 Å². The Balaban J connectivity index is 1.57. The van der Waals surface area contributed by atoms with Gasteiger partial charge in [0, 0.05) is 9.61 Å². The molecule has 3 N–H and O–H groups in total. The van der Waals surface area contributed by atoms with E-state index < -0.39 is 34.6 Å². The maximum Gasteiger partial charge on any atom is 0.256 e. The van der Waals surface area contributed by atoms with Crippen molar-refractivity contribution in [2.45, 2.75) is 30.9 Å². The van der Waals surface area contributed by atoms with Crippen LogP contribution in [0.15, 0.2) is 30.3 Å². The van der Waals surface area contributed by atoms with Crippen LogP contribution in [0.4, 0.5) is 24.5 Å². The summed E-state index contributed by atoms with van der Waals surface area (Å²) >= 11 is 1.93. The van der Waals surface area contributed by atoms with Crippen LogP contribution in [0.1, 0.15) is 29.6 Å². The van der Waals surface area contributed by atoms with Gasteiger partial charge in [-0.1, -0.05) is 6.42 Å². The average Bonchev–Trinajstić information content (AvgIpc) is 2.71. The molecule has 0 saturated carbocycles. The lowest BCUT2D eigenvalue weighted by Gasteiger charge is -2.51. The summed E-state index contributed by atoms with van der Waals surface area (Å²) in [6, 6.07) is 6.19. The van der Waals surface area contributed by atoms with Crippen LogP contribution >= 0.6 is 22.6 Å². The summed E-state index contributed by atoms with van der Waals surface area (Å²) < 4.78 is 43.3. The smallest absolute Gasteiger partial charge is 0.256 e. The highest BCUT2D eigenvalue weighted by atomic mass is 127. The summed E-state index contributed by atoms with van der Waals surface area (Å²) in [4.78, 5) is 14.4. The van der Waals surface area contributed by atoms with Gasteiger partial charge in [-0.2, -0.15) is 0 Å². The lowest BCUT2D eigenvalue weighted by molar-refractivity contribution is -0.108. The zero-order chi connectivity index (χ0) is 21.5. The predicted octanol–water partition coefficient (Wildman–Crippen LogP) is 3.78. The number of nitrogens with one attached hydrogen (secondary N) is 2. The van der Waals surface area contributed by atoms with Crippen molar-refractivity contribution in [3.05, 3.63) is 56.9 Å². The number of halogens is 4. The van der Waals surface area contributed by atoms with Crippen LogP contribution < -0.4 is 10.6 Å². The minimum atomic E-state index is -1.26. The van der Waals surface area contributed by atoms with E-state index in [2.05, 4.69) is 10.6 Å². The molecule has 2 aliphatic heterocycles. The summed E-state index contributed by atoms with van der Waals surface area (Å²) in [6.45, 7) is 1.01. The number of carbonyl (C=O) groups excluding carboxylic acids is 1. The molecule has 2 aromatic carbocycles. The zero-order valence-electron chi connectivity index (χ0n) is 16.0. The molecule has 1 atom stereocenters. The summed E-state index contributed by atoms with van der Waals surface area (Å²) in [5.74, 6) is -3.61. The third-order valence-corrected chi connectivity index (χ3v) is 6.36. The van der Waals surface area contributed by atoms with Gasteiger partial charge in [0.05, 0.1) is 30.0 Å². The van der Waals surface area contributed by atoms with Crippen molar-refractivity contribution in [1.82, 2.24) is 10.2 Å². The van der Waals surface area contributed by atoms with Gasteiger partial charge in [-0.15, -0.1) is 0 Å². The molecular formula is C21H21F3IN3O2. The molecule has 5 nitrogen and oxygen atoms in total. The van der Waals surface area contributed by atoms with Gasteiger partial charge >= 0.3 is 0 Å². The average molecular weight is 537 g/mol. The first-order chi connectivity index (χ1) is 14.3. The number of carbonyl (C=O) groups is 1. The predicted molar refractivity (Wildman–Crippen MR) is 115 cm³/mol. The molecule has 30 heavy (non-hydrogen) atoms. The van der Waals surface area contributed by atoms with Gasteiger partial charge in [0.15, 0.2) is 11.6 Å². The fraction of sp³-hybridized carbons (Fsp3) is 0.381. The number of likely N-dealkylation sites (tertiary alicyclic amines) is 1. The van der Waals surface area contributed by atoms with Crippen LogP contribution in [0.3, 0.4) is 0 Å². The normalized spacial score (nSPS) is 20.6. The number of benzene rings is 2. The number of aliphatic hydroxyl groups is 1. The molecule has 2 aromatic rings. The molecule has 0 aliphatic carbocycles. The van der Waals surface area contributed by atoms with Crippen molar-refractivity contribution in [3.8, 4) is 0 Å². The first-order valence-corrected chi connectivity index (χ1v) is 10.8.